The molecule has 1 fully saturated rings. The topological polar surface area (TPSA) is 32.3 Å². The molecule has 0 spiro atoms. The van der Waals surface area contributed by atoms with Crippen LogP contribution in [-0.4, -0.2) is 30.4 Å². The zero-order valence-electron chi connectivity index (χ0n) is 11.8. The van der Waals surface area contributed by atoms with Crippen molar-refractivity contribution in [2.45, 2.75) is 38.8 Å². The second-order valence-corrected chi connectivity index (χ2v) is 5.86. The molecule has 1 unspecified atom stereocenters. The van der Waals surface area contributed by atoms with Gasteiger partial charge in [-0.3, -0.25) is 4.79 Å². The molecule has 0 radical (unpaired) electrons. The molecule has 102 valence electrons. The summed E-state index contributed by atoms with van der Waals surface area (Å²) < 4.78 is 0. The molecule has 1 aliphatic heterocycles. The van der Waals surface area contributed by atoms with Crippen LogP contribution in [0.3, 0.4) is 0 Å². The van der Waals surface area contributed by atoms with Crippen molar-refractivity contribution in [1.82, 2.24) is 10.2 Å². The molecule has 1 aliphatic carbocycles. The predicted molar refractivity (Wildman–Crippen MR) is 76.1 cm³/mol. The summed E-state index contributed by atoms with van der Waals surface area (Å²) in [6, 6.07) is 6.49. The van der Waals surface area contributed by atoms with Crippen molar-refractivity contribution in [1.29, 1.82) is 0 Å². The standard InChI is InChI=1S/C16H22N2O/c1-11(12-6-7-12)18(2)16(19)15-5-3-4-13-10-17-9-8-14(13)15/h3-5,11-12,17H,6-10H2,1-2H3. The Morgan fingerprint density at radius 3 is 2.95 bits per heavy atom. The Morgan fingerprint density at radius 1 is 1.42 bits per heavy atom. The molecule has 3 heteroatoms. The van der Waals surface area contributed by atoms with E-state index in [0.29, 0.717) is 6.04 Å². The predicted octanol–water partition coefficient (Wildman–Crippen LogP) is 2.20. The summed E-state index contributed by atoms with van der Waals surface area (Å²) in [4.78, 5) is 14.6. The first-order chi connectivity index (χ1) is 9.18. The van der Waals surface area contributed by atoms with Crippen molar-refractivity contribution in [2.75, 3.05) is 13.6 Å². The summed E-state index contributed by atoms with van der Waals surface area (Å²) in [5.41, 5.74) is 3.44. The minimum Gasteiger partial charge on any atom is -0.339 e. The van der Waals surface area contributed by atoms with Gasteiger partial charge in [-0.2, -0.15) is 0 Å². The Labute approximate surface area is 115 Å². The first-order valence-electron chi connectivity index (χ1n) is 7.27. The van der Waals surface area contributed by atoms with E-state index in [2.05, 4.69) is 18.3 Å². The van der Waals surface area contributed by atoms with E-state index in [4.69, 9.17) is 0 Å². The number of carbonyl (C=O) groups excluding carboxylic acids is 1. The van der Waals surface area contributed by atoms with E-state index in [1.54, 1.807) is 0 Å². The molecule has 1 aromatic rings. The van der Waals surface area contributed by atoms with Crippen LogP contribution in [0.15, 0.2) is 18.2 Å². The third kappa shape index (κ3) is 2.39. The summed E-state index contributed by atoms with van der Waals surface area (Å²) in [7, 11) is 1.95. The quantitative estimate of drug-likeness (QED) is 0.901. The number of amides is 1. The molecule has 3 nitrogen and oxygen atoms in total. The van der Waals surface area contributed by atoms with E-state index in [1.165, 1.54) is 24.0 Å². The van der Waals surface area contributed by atoms with Crippen molar-refractivity contribution in [3.63, 3.8) is 0 Å². The number of hydrogen-bond acceptors (Lipinski definition) is 2. The molecule has 1 saturated carbocycles. The van der Waals surface area contributed by atoms with Crippen LogP contribution in [0.2, 0.25) is 0 Å². The van der Waals surface area contributed by atoms with Crippen LogP contribution >= 0.6 is 0 Å². The molecule has 1 amide bonds. The van der Waals surface area contributed by atoms with E-state index < -0.39 is 0 Å². The second-order valence-electron chi connectivity index (χ2n) is 5.86. The van der Waals surface area contributed by atoms with Gasteiger partial charge in [-0.1, -0.05) is 12.1 Å². The molecule has 1 atom stereocenters. The zero-order valence-corrected chi connectivity index (χ0v) is 11.8. The van der Waals surface area contributed by atoms with E-state index in [0.717, 1.165) is 31.0 Å². The minimum atomic E-state index is 0.193. The van der Waals surface area contributed by atoms with Crippen LogP contribution < -0.4 is 5.32 Å². The highest BCUT2D eigenvalue weighted by molar-refractivity contribution is 5.96. The Kier molecular flexibility index (Phi) is 3.31. The molecule has 1 heterocycles. The fraction of sp³-hybridized carbons (Fsp3) is 0.562. The average Bonchev–Trinajstić information content (AvgIpc) is 3.29. The van der Waals surface area contributed by atoms with Crippen molar-refractivity contribution in [3.8, 4) is 0 Å². The molecular weight excluding hydrogens is 236 g/mol. The summed E-state index contributed by atoms with van der Waals surface area (Å²) in [5, 5.41) is 3.36. The van der Waals surface area contributed by atoms with E-state index >= 15 is 0 Å². The zero-order chi connectivity index (χ0) is 13.4. The smallest absolute Gasteiger partial charge is 0.254 e. The fourth-order valence-electron chi connectivity index (χ4n) is 3.00. The third-order valence-corrected chi connectivity index (χ3v) is 4.61. The maximum absolute atomic E-state index is 12.7. The van der Waals surface area contributed by atoms with Gasteiger partial charge in [-0.15, -0.1) is 0 Å². The normalized spacial score (nSPS) is 19.7. The summed E-state index contributed by atoms with van der Waals surface area (Å²) in [5.74, 6) is 0.910. The minimum absolute atomic E-state index is 0.193. The summed E-state index contributed by atoms with van der Waals surface area (Å²) in [6.45, 7) is 4.03. The first kappa shape index (κ1) is 12.7. The van der Waals surface area contributed by atoms with Crippen molar-refractivity contribution < 1.29 is 4.79 Å². The molecular formula is C16H22N2O. The van der Waals surface area contributed by atoms with Crippen LogP contribution in [0.4, 0.5) is 0 Å². The second kappa shape index (κ2) is 4.97. The lowest BCUT2D eigenvalue weighted by atomic mass is 9.94. The number of nitrogens with zero attached hydrogens (tertiary/aromatic N) is 1. The van der Waals surface area contributed by atoms with Gasteiger partial charge >= 0.3 is 0 Å². The molecule has 0 saturated heterocycles. The maximum atomic E-state index is 12.7. The number of nitrogens with one attached hydrogen (secondary N) is 1. The highest BCUT2D eigenvalue weighted by atomic mass is 16.2. The van der Waals surface area contributed by atoms with Gasteiger partial charge in [-0.05, 0) is 55.8 Å². The molecule has 0 aromatic heterocycles. The van der Waals surface area contributed by atoms with Crippen LogP contribution in [0.5, 0.6) is 0 Å². The SMILES string of the molecule is CC(C1CC1)N(C)C(=O)c1cccc2c1CCNC2. The number of fused-ring (bicyclic) bond motifs is 1. The molecule has 1 N–H and O–H groups in total. The lowest BCUT2D eigenvalue weighted by Crippen LogP contribution is -2.37. The van der Waals surface area contributed by atoms with Gasteiger partial charge in [0.05, 0.1) is 0 Å². The maximum Gasteiger partial charge on any atom is 0.254 e. The van der Waals surface area contributed by atoms with Crippen molar-refractivity contribution in [3.05, 3.63) is 34.9 Å². The van der Waals surface area contributed by atoms with Crippen LogP contribution in [0.25, 0.3) is 0 Å². The monoisotopic (exact) mass is 258 g/mol. The Bertz CT molecular complexity index is 494. The van der Waals surface area contributed by atoms with Crippen LogP contribution in [-0.2, 0) is 13.0 Å². The molecule has 3 rings (SSSR count). The molecule has 19 heavy (non-hydrogen) atoms. The van der Waals surface area contributed by atoms with Gasteiger partial charge < -0.3 is 10.2 Å². The molecule has 2 aliphatic rings. The van der Waals surface area contributed by atoms with Crippen molar-refractivity contribution >= 4 is 5.91 Å². The average molecular weight is 258 g/mol. The van der Waals surface area contributed by atoms with Crippen LogP contribution in [0.1, 0.15) is 41.3 Å². The summed E-state index contributed by atoms with van der Waals surface area (Å²) in [6.07, 6.45) is 3.51. The van der Waals surface area contributed by atoms with Gasteiger partial charge in [0, 0.05) is 25.2 Å². The lowest BCUT2D eigenvalue weighted by Gasteiger charge is -2.27. The summed E-state index contributed by atoms with van der Waals surface area (Å²) >= 11 is 0. The van der Waals surface area contributed by atoms with Gasteiger partial charge in [0.2, 0.25) is 0 Å². The number of carbonyl (C=O) groups is 1. The first-order valence-corrected chi connectivity index (χ1v) is 7.27. The molecule has 1 aromatic carbocycles. The van der Waals surface area contributed by atoms with Gasteiger partial charge in [-0.25, -0.2) is 0 Å². The Balaban J connectivity index is 1.86. The lowest BCUT2D eigenvalue weighted by molar-refractivity contribution is 0.0726. The number of hydrogen-bond donors (Lipinski definition) is 1. The van der Waals surface area contributed by atoms with E-state index in [1.807, 2.05) is 24.1 Å². The number of benzene rings is 1. The van der Waals surface area contributed by atoms with Crippen LogP contribution in [0, 0.1) is 5.92 Å². The Hall–Kier alpha value is -1.35. The molecule has 0 bridgehead atoms. The Morgan fingerprint density at radius 2 is 2.21 bits per heavy atom. The number of rotatable bonds is 3. The van der Waals surface area contributed by atoms with Crippen molar-refractivity contribution in [2.24, 2.45) is 5.92 Å². The highest BCUT2D eigenvalue weighted by Crippen LogP contribution is 2.35. The largest absolute Gasteiger partial charge is 0.339 e. The van der Waals surface area contributed by atoms with Gasteiger partial charge in [0.25, 0.3) is 5.91 Å². The van der Waals surface area contributed by atoms with E-state index in [9.17, 15) is 4.79 Å². The fourth-order valence-corrected chi connectivity index (χ4v) is 3.00. The highest BCUT2D eigenvalue weighted by Gasteiger charge is 2.33. The third-order valence-electron chi connectivity index (χ3n) is 4.61. The van der Waals surface area contributed by atoms with Gasteiger partial charge in [0.15, 0.2) is 0 Å². The van der Waals surface area contributed by atoms with Gasteiger partial charge in [0.1, 0.15) is 0 Å². The van der Waals surface area contributed by atoms with E-state index in [-0.39, 0.29) is 5.91 Å².